The number of nitrogens with one attached hydrogen (secondary N) is 3. The minimum Gasteiger partial charge on any atom is -0.497 e. The summed E-state index contributed by atoms with van der Waals surface area (Å²) >= 11 is 0. The van der Waals surface area contributed by atoms with Crippen LogP contribution in [-0.2, 0) is 4.79 Å². The van der Waals surface area contributed by atoms with E-state index in [4.69, 9.17) is 4.74 Å². The molecule has 0 bridgehead atoms. The minimum atomic E-state index is -0.464. The van der Waals surface area contributed by atoms with E-state index in [-0.39, 0.29) is 11.9 Å². The average molecular weight is 377 g/mol. The molecule has 1 aromatic heterocycles. The molecule has 7 nitrogen and oxygen atoms in total. The summed E-state index contributed by atoms with van der Waals surface area (Å²) in [6, 6.07) is 13.7. The van der Waals surface area contributed by atoms with E-state index < -0.39 is 6.29 Å². The van der Waals surface area contributed by atoms with Crippen LogP contribution in [0.5, 0.6) is 5.75 Å². The predicted octanol–water partition coefficient (Wildman–Crippen LogP) is 2.80. The highest BCUT2D eigenvalue weighted by molar-refractivity contribution is 5.84. The van der Waals surface area contributed by atoms with Gasteiger partial charge in [-0.2, -0.15) is 0 Å². The highest BCUT2D eigenvalue weighted by Crippen LogP contribution is 2.24. The van der Waals surface area contributed by atoms with Gasteiger partial charge in [-0.05, 0) is 37.1 Å². The van der Waals surface area contributed by atoms with Gasteiger partial charge in [-0.1, -0.05) is 30.3 Å². The topological polar surface area (TPSA) is 88.2 Å². The van der Waals surface area contributed by atoms with Crippen molar-refractivity contribution in [1.82, 2.24) is 20.6 Å². The number of benzene rings is 2. The Hall–Kier alpha value is -3.19. The van der Waals surface area contributed by atoms with Crippen molar-refractivity contribution >= 4 is 22.8 Å². The van der Waals surface area contributed by atoms with Gasteiger partial charge in [0.1, 0.15) is 5.75 Å². The molecule has 0 radical (unpaired) electrons. The van der Waals surface area contributed by atoms with Gasteiger partial charge in [0.25, 0.3) is 0 Å². The van der Waals surface area contributed by atoms with Gasteiger partial charge in [0, 0.05) is 17.8 Å². The quantitative estimate of drug-likeness (QED) is 0.648. The zero-order valence-electron chi connectivity index (χ0n) is 16.1. The third-order valence-electron chi connectivity index (χ3n) is 4.97. The number of fused-ring (bicyclic) bond motifs is 1. The summed E-state index contributed by atoms with van der Waals surface area (Å²) < 4.78 is 5.21. The zero-order valence-corrected chi connectivity index (χ0v) is 16.1. The van der Waals surface area contributed by atoms with Gasteiger partial charge in [-0.25, -0.2) is 9.97 Å². The molecular weight excluding hydrogens is 354 g/mol. The van der Waals surface area contributed by atoms with E-state index >= 15 is 0 Å². The van der Waals surface area contributed by atoms with Crippen molar-refractivity contribution in [2.24, 2.45) is 0 Å². The van der Waals surface area contributed by atoms with Gasteiger partial charge < -0.3 is 15.4 Å². The minimum absolute atomic E-state index is 0.0363. The van der Waals surface area contributed by atoms with Gasteiger partial charge in [-0.3, -0.25) is 10.1 Å². The number of para-hydroxylation sites is 1. The molecule has 1 aliphatic heterocycles. The summed E-state index contributed by atoms with van der Waals surface area (Å²) in [6.45, 7) is 3.99. The fraction of sp³-hybridized carbons (Fsp3) is 0.286. The number of amides is 1. The standard InChI is InChI=1S/C21H23N5O2/c1-12-5-4-6-16-13(2)22-20(25-19(12)16)26-21-23-17(11-18(27)24-21)14-7-9-15(28-3)10-8-14/h4-10,17,21,23H,11H2,1-3H3,(H,24,27)(H,22,25,26). The second kappa shape index (κ2) is 7.44. The number of nitrogens with zero attached hydrogens (tertiary/aromatic N) is 2. The number of rotatable bonds is 4. The molecule has 1 fully saturated rings. The van der Waals surface area contributed by atoms with Gasteiger partial charge in [0.2, 0.25) is 11.9 Å². The Kier molecular flexibility index (Phi) is 4.83. The summed E-state index contributed by atoms with van der Waals surface area (Å²) in [7, 11) is 1.63. The van der Waals surface area contributed by atoms with E-state index in [1.807, 2.05) is 56.3 Å². The first-order chi connectivity index (χ1) is 13.5. The molecule has 1 saturated heterocycles. The van der Waals surface area contributed by atoms with E-state index in [0.29, 0.717) is 12.4 Å². The van der Waals surface area contributed by atoms with Crippen molar-refractivity contribution in [2.45, 2.75) is 32.6 Å². The van der Waals surface area contributed by atoms with E-state index in [1.165, 1.54) is 0 Å². The molecule has 0 spiro atoms. The number of anilines is 1. The van der Waals surface area contributed by atoms with Gasteiger partial charge >= 0.3 is 0 Å². The molecule has 28 heavy (non-hydrogen) atoms. The number of ether oxygens (including phenoxy) is 1. The van der Waals surface area contributed by atoms with E-state index in [2.05, 4.69) is 25.9 Å². The maximum absolute atomic E-state index is 12.2. The molecule has 1 aliphatic rings. The van der Waals surface area contributed by atoms with Crippen molar-refractivity contribution in [3.05, 3.63) is 59.3 Å². The van der Waals surface area contributed by atoms with Gasteiger partial charge in [-0.15, -0.1) is 0 Å². The van der Waals surface area contributed by atoms with Crippen LogP contribution in [0.15, 0.2) is 42.5 Å². The molecule has 4 rings (SSSR count). The lowest BCUT2D eigenvalue weighted by Gasteiger charge is -2.32. The van der Waals surface area contributed by atoms with Crippen molar-refractivity contribution in [3.8, 4) is 5.75 Å². The molecule has 7 heteroatoms. The zero-order chi connectivity index (χ0) is 19.7. The number of carbonyl (C=O) groups is 1. The van der Waals surface area contributed by atoms with Crippen molar-refractivity contribution in [2.75, 3.05) is 12.4 Å². The smallest absolute Gasteiger partial charge is 0.226 e. The van der Waals surface area contributed by atoms with E-state index in [0.717, 1.165) is 33.5 Å². The van der Waals surface area contributed by atoms with Crippen molar-refractivity contribution < 1.29 is 9.53 Å². The number of hydrogen-bond donors (Lipinski definition) is 3. The van der Waals surface area contributed by atoms with Crippen LogP contribution >= 0.6 is 0 Å². The Morgan fingerprint density at radius 1 is 1.11 bits per heavy atom. The maximum atomic E-state index is 12.2. The van der Waals surface area contributed by atoms with E-state index in [9.17, 15) is 4.79 Å². The number of aromatic nitrogens is 2. The Morgan fingerprint density at radius 2 is 1.89 bits per heavy atom. The second-order valence-corrected chi connectivity index (χ2v) is 6.95. The molecule has 144 valence electrons. The van der Waals surface area contributed by atoms with Crippen LogP contribution in [0, 0.1) is 13.8 Å². The summed E-state index contributed by atoms with van der Waals surface area (Å²) in [4.78, 5) is 21.4. The monoisotopic (exact) mass is 377 g/mol. The van der Waals surface area contributed by atoms with Crippen LogP contribution in [0.3, 0.4) is 0 Å². The third kappa shape index (κ3) is 3.61. The number of methoxy groups -OCH3 is 1. The molecule has 0 saturated carbocycles. The molecule has 2 heterocycles. The lowest BCUT2D eigenvalue weighted by Crippen LogP contribution is -2.56. The molecule has 3 N–H and O–H groups in total. The Labute approximate surface area is 163 Å². The molecule has 2 atom stereocenters. The second-order valence-electron chi connectivity index (χ2n) is 6.95. The first-order valence-corrected chi connectivity index (χ1v) is 9.23. The molecule has 1 amide bonds. The first-order valence-electron chi connectivity index (χ1n) is 9.23. The summed E-state index contributed by atoms with van der Waals surface area (Å²) in [5.41, 5.74) is 3.91. The van der Waals surface area contributed by atoms with Crippen LogP contribution in [0.1, 0.15) is 29.3 Å². The average Bonchev–Trinajstić information content (AvgIpc) is 2.68. The molecule has 2 unspecified atom stereocenters. The Morgan fingerprint density at radius 3 is 2.64 bits per heavy atom. The number of aryl methyl sites for hydroxylation is 2. The Bertz CT molecular complexity index is 1020. The van der Waals surface area contributed by atoms with Crippen LogP contribution in [0.2, 0.25) is 0 Å². The molecular formula is C21H23N5O2. The molecule has 2 aromatic carbocycles. The normalized spacial score (nSPS) is 19.3. The largest absolute Gasteiger partial charge is 0.497 e. The fourth-order valence-electron chi connectivity index (χ4n) is 3.48. The fourth-order valence-corrected chi connectivity index (χ4v) is 3.48. The SMILES string of the molecule is COc1ccc(C2CC(=O)NC(Nc3nc(C)c4cccc(C)c4n3)N2)cc1. The van der Waals surface area contributed by atoms with E-state index in [1.54, 1.807) is 7.11 Å². The van der Waals surface area contributed by atoms with Crippen LogP contribution < -0.4 is 20.7 Å². The van der Waals surface area contributed by atoms with Crippen molar-refractivity contribution in [3.63, 3.8) is 0 Å². The summed E-state index contributed by atoms with van der Waals surface area (Å²) in [6.07, 6.45) is -0.101. The summed E-state index contributed by atoms with van der Waals surface area (Å²) in [5.74, 6) is 1.23. The van der Waals surface area contributed by atoms with Crippen molar-refractivity contribution in [1.29, 1.82) is 0 Å². The molecule has 0 aliphatic carbocycles. The maximum Gasteiger partial charge on any atom is 0.226 e. The van der Waals surface area contributed by atoms with Gasteiger partial charge in [0.05, 0.1) is 18.3 Å². The predicted molar refractivity (Wildman–Crippen MR) is 108 cm³/mol. The molecule has 3 aromatic rings. The third-order valence-corrected chi connectivity index (χ3v) is 4.97. The number of carbonyl (C=O) groups excluding carboxylic acids is 1. The van der Waals surface area contributed by atoms with Crippen LogP contribution in [0.4, 0.5) is 5.95 Å². The summed E-state index contributed by atoms with van der Waals surface area (Å²) in [5, 5.41) is 10.5. The highest BCUT2D eigenvalue weighted by atomic mass is 16.5. The highest BCUT2D eigenvalue weighted by Gasteiger charge is 2.27. The van der Waals surface area contributed by atoms with Gasteiger partial charge in [0.15, 0.2) is 6.29 Å². The van der Waals surface area contributed by atoms with Crippen LogP contribution in [0.25, 0.3) is 10.9 Å². The Balaban J connectivity index is 1.56. The lowest BCUT2D eigenvalue weighted by atomic mass is 10.0. The lowest BCUT2D eigenvalue weighted by molar-refractivity contribution is -0.124. The first kappa shape index (κ1) is 18.2. The number of hydrogen-bond acceptors (Lipinski definition) is 6. The van der Waals surface area contributed by atoms with Crippen LogP contribution in [-0.4, -0.2) is 29.3 Å².